The van der Waals surface area contributed by atoms with E-state index in [0.29, 0.717) is 18.2 Å². The summed E-state index contributed by atoms with van der Waals surface area (Å²) >= 11 is 0. The fourth-order valence-electron chi connectivity index (χ4n) is 3.56. The molecule has 28 heavy (non-hydrogen) atoms. The van der Waals surface area contributed by atoms with Gasteiger partial charge in [0.15, 0.2) is 5.84 Å². The van der Waals surface area contributed by atoms with Gasteiger partial charge < -0.3 is 15.3 Å². The van der Waals surface area contributed by atoms with Gasteiger partial charge in [-0.15, -0.1) is 4.40 Å². The summed E-state index contributed by atoms with van der Waals surface area (Å²) in [4.78, 5) is 14.9. The average Bonchev–Trinajstić information content (AvgIpc) is 2.88. The Labute approximate surface area is 166 Å². The Morgan fingerprint density at radius 2 is 1.93 bits per heavy atom. The number of hydrogen-bond donors (Lipinski definition) is 2. The summed E-state index contributed by atoms with van der Waals surface area (Å²) in [6.07, 6.45) is 1.56. The van der Waals surface area contributed by atoms with Gasteiger partial charge in [-0.05, 0) is 30.4 Å². The second-order valence-corrected chi connectivity index (χ2v) is 9.38. The van der Waals surface area contributed by atoms with E-state index < -0.39 is 16.1 Å². The van der Waals surface area contributed by atoms with Crippen molar-refractivity contribution in [2.45, 2.75) is 51.5 Å². The number of fused-ring (bicyclic) bond motifs is 1. The average molecular weight is 406 g/mol. The minimum atomic E-state index is -3.95. The van der Waals surface area contributed by atoms with Crippen LogP contribution in [0.3, 0.4) is 0 Å². The molecule has 0 saturated heterocycles. The molecular formula is C20H27N3O4S. The third-order valence-corrected chi connectivity index (χ3v) is 6.68. The first-order valence-electron chi connectivity index (χ1n) is 9.62. The lowest BCUT2D eigenvalue weighted by atomic mass is 9.96. The highest BCUT2D eigenvalue weighted by molar-refractivity contribution is 7.90. The molecule has 1 amide bonds. The van der Waals surface area contributed by atoms with Gasteiger partial charge in [-0.2, -0.15) is 8.42 Å². The molecule has 0 aliphatic carbocycles. The van der Waals surface area contributed by atoms with Gasteiger partial charge in [-0.25, -0.2) is 0 Å². The van der Waals surface area contributed by atoms with E-state index in [1.165, 1.54) is 6.07 Å². The quantitative estimate of drug-likeness (QED) is 0.756. The van der Waals surface area contributed by atoms with Crippen LogP contribution in [0.5, 0.6) is 0 Å². The Morgan fingerprint density at radius 3 is 2.57 bits per heavy atom. The molecule has 2 N–H and O–H groups in total. The highest BCUT2D eigenvalue weighted by Gasteiger charge is 2.44. The van der Waals surface area contributed by atoms with E-state index in [-0.39, 0.29) is 33.9 Å². The van der Waals surface area contributed by atoms with Crippen molar-refractivity contribution in [3.8, 4) is 0 Å². The molecule has 0 aromatic heterocycles. The van der Waals surface area contributed by atoms with Gasteiger partial charge in [0.05, 0.1) is 11.7 Å². The van der Waals surface area contributed by atoms with E-state index in [0.717, 1.165) is 12.8 Å². The van der Waals surface area contributed by atoms with Crippen LogP contribution in [0.2, 0.25) is 0 Å². The Balaban J connectivity index is 2.04. The summed E-state index contributed by atoms with van der Waals surface area (Å²) in [7, 11) is -3.95. The lowest BCUT2D eigenvalue weighted by Crippen LogP contribution is -2.41. The van der Waals surface area contributed by atoms with Crippen molar-refractivity contribution >= 4 is 27.5 Å². The number of aliphatic hydroxyl groups is 1. The Morgan fingerprint density at radius 1 is 1.25 bits per heavy atom. The van der Waals surface area contributed by atoms with Crippen LogP contribution in [0, 0.1) is 11.8 Å². The minimum absolute atomic E-state index is 0.0293. The topological polar surface area (TPSA) is 99.1 Å². The van der Waals surface area contributed by atoms with Crippen molar-refractivity contribution in [3.63, 3.8) is 0 Å². The molecule has 152 valence electrons. The Hall–Kier alpha value is -2.35. The maximum atomic E-state index is 13.2. The van der Waals surface area contributed by atoms with Crippen LogP contribution in [-0.2, 0) is 14.8 Å². The Kier molecular flexibility index (Phi) is 5.52. The van der Waals surface area contributed by atoms with E-state index in [4.69, 9.17) is 0 Å². The molecule has 2 heterocycles. The Bertz CT molecular complexity index is 950. The van der Waals surface area contributed by atoms with Gasteiger partial charge in [0.2, 0.25) is 0 Å². The maximum absolute atomic E-state index is 13.2. The van der Waals surface area contributed by atoms with Gasteiger partial charge in [-0.3, -0.25) is 4.79 Å². The van der Waals surface area contributed by atoms with Crippen LogP contribution >= 0.6 is 0 Å². The molecule has 0 bridgehead atoms. The molecule has 0 fully saturated rings. The number of amides is 1. The summed E-state index contributed by atoms with van der Waals surface area (Å²) < 4.78 is 28.9. The molecule has 2 aliphatic heterocycles. The number of anilines is 1. The van der Waals surface area contributed by atoms with Crippen molar-refractivity contribution in [3.05, 3.63) is 35.6 Å². The first-order valence-corrected chi connectivity index (χ1v) is 11.1. The lowest BCUT2D eigenvalue weighted by molar-refractivity contribution is -0.127. The van der Waals surface area contributed by atoms with E-state index in [2.05, 4.69) is 23.6 Å². The number of nitrogens with zero attached hydrogens (tertiary/aromatic N) is 2. The predicted octanol–water partition coefficient (Wildman–Crippen LogP) is 3.31. The largest absolute Gasteiger partial charge is 0.509 e. The van der Waals surface area contributed by atoms with Crippen LogP contribution in [0.15, 0.2) is 44.9 Å². The molecule has 0 saturated carbocycles. The number of hydrogen-bond acceptors (Lipinski definition) is 5. The zero-order valence-electron chi connectivity index (χ0n) is 16.6. The number of nitrogens with one attached hydrogen (secondary N) is 1. The van der Waals surface area contributed by atoms with Crippen LogP contribution < -0.4 is 5.32 Å². The molecule has 8 heteroatoms. The van der Waals surface area contributed by atoms with E-state index in [1.54, 1.807) is 23.1 Å². The lowest BCUT2D eigenvalue weighted by Gasteiger charge is -2.30. The zero-order valence-corrected chi connectivity index (χ0v) is 17.5. The molecule has 2 atom stereocenters. The van der Waals surface area contributed by atoms with Crippen LogP contribution in [0.1, 0.15) is 40.5 Å². The molecule has 0 spiro atoms. The summed E-state index contributed by atoms with van der Waals surface area (Å²) in [5.41, 5.74) is 0.299. The van der Waals surface area contributed by atoms with Crippen LogP contribution in [0.4, 0.5) is 5.69 Å². The van der Waals surface area contributed by atoms with Crippen molar-refractivity contribution < 1.29 is 18.3 Å². The van der Waals surface area contributed by atoms with Gasteiger partial charge in [0.1, 0.15) is 16.2 Å². The summed E-state index contributed by atoms with van der Waals surface area (Å²) in [6.45, 7) is 8.61. The van der Waals surface area contributed by atoms with Gasteiger partial charge >= 0.3 is 0 Å². The highest BCUT2D eigenvalue weighted by atomic mass is 32.2. The fraction of sp³-hybridized carbons (Fsp3) is 0.500. The summed E-state index contributed by atoms with van der Waals surface area (Å²) in [6, 6.07) is 5.91. The molecule has 1 aromatic rings. The van der Waals surface area contributed by atoms with Crippen LogP contribution in [-0.4, -0.2) is 42.8 Å². The number of para-hydroxylation sites is 1. The van der Waals surface area contributed by atoms with E-state index >= 15 is 0 Å². The number of carbonyl (C=O) groups is 1. The third-order valence-electron chi connectivity index (χ3n) is 5.34. The van der Waals surface area contributed by atoms with Crippen molar-refractivity contribution in [2.75, 3.05) is 11.9 Å². The number of rotatable bonds is 6. The normalized spacial score (nSPS) is 22.2. The maximum Gasteiger partial charge on any atom is 0.286 e. The standard InChI is InChI=1S/C20H27N3O4S/c1-5-13(4)17-18(24)16(20(25)23(17)11-10-12(2)3)19-21-14-8-6-7-9-15(14)28(26,27)22-19/h6-9,12-13,17,24H,5,10-11H2,1-4H3,(H,21,22)/t13?,17-/m0/s1. The van der Waals surface area contributed by atoms with Gasteiger partial charge in [0, 0.05) is 6.54 Å². The van der Waals surface area contributed by atoms with Crippen molar-refractivity contribution in [1.29, 1.82) is 0 Å². The van der Waals surface area contributed by atoms with Gasteiger partial charge in [0.25, 0.3) is 15.9 Å². The first kappa shape index (κ1) is 20.4. The van der Waals surface area contributed by atoms with Crippen molar-refractivity contribution in [1.82, 2.24) is 4.90 Å². The second kappa shape index (κ2) is 7.58. The number of carbonyl (C=O) groups excluding carboxylic acids is 1. The minimum Gasteiger partial charge on any atom is -0.509 e. The number of sulfonamides is 1. The molecule has 1 unspecified atom stereocenters. The second-order valence-electron chi connectivity index (χ2n) is 7.81. The van der Waals surface area contributed by atoms with E-state index in [1.807, 2.05) is 13.8 Å². The number of aliphatic hydroxyl groups excluding tert-OH is 1. The molecule has 2 aliphatic rings. The van der Waals surface area contributed by atoms with Crippen LogP contribution in [0.25, 0.3) is 0 Å². The SMILES string of the molecule is CCC(C)[C@H]1C(O)=C(C2=NS(=O)(=O)c3ccccc3N2)C(=O)N1CCC(C)C. The first-order chi connectivity index (χ1) is 13.2. The van der Waals surface area contributed by atoms with Crippen molar-refractivity contribution in [2.24, 2.45) is 16.2 Å². The molecule has 1 aromatic carbocycles. The predicted molar refractivity (Wildman–Crippen MR) is 109 cm³/mol. The van der Waals surface area contributed by atoms with Gasteiger partial charge in [-0.1, -0.05) is 46.2 Å². The van der Waals surface area contributed by atoms with E-state index in [9.17, 15) is 18.3 Å². The number of benzene rings is 1. The monoisotopic (exact) mass is 405 g/mol. The smallest absolute Gasteiger partial charge is 0.286 e. The molecule has 3 rings (SSSR count). The summed E-state index contributed by atoms with van der Waals surface area (Å²) in [5.74, 6) is -0.176. The highest BCUT2D eigenvalue weighted by Crippen LogP contribution is 2.35. The fourth-order valence-corrected chi connectivity index (χ4v) is 4.68. The molecule has 7 nitrogen and oxygen atoms in total. The third kappa shape index (κ3) is 3.53. The molecule has 0 radical (unpaired) electrons. The number of amidine groups is 1. The molecular weight excluding hydrogens is 378 g/mol. The zero-order chi connectivity index (χ0) is 20.6. The summed E-state index contributed by atoms with van der Waals surface area (Å²) in [5, 5.41) is 13.9.